The van der Waals surface area contributed by atoms with Crippen LogP contribution < -0.4 is 10.6 Å². The van der Waals surface area contributed by atoms with Gasteiger partial charge in [-0.25, -0.2) is 9.37 Å². The Labute approximate surface area is 185 Å². The highest BCUT2D eigenvalue weighted by Crippen LogP contribution is 2.26. The van der Waals surface area contributed by atoms with Gasteiger partial charge in [-0.2, -0.15) is 0 Å². The minimum Gasteiger partial charge on any atom is -0.347 e. The summed E-state index contributed by atoms with van der Waals surface area (Å²) in [6.07, 6.45) is 0.805. The normalized spacial score (nSPS) is 13.7. The number of rotatable bonds is 5. The number of hydrogen-bond acceptors (Lipinski definition) is 6. The largest absolute Gasteiger partial charge is 0.347 e. The summed E-state index contributed by atoms with van der Waals surface area (Å²) in [6, 6.07) is 7.63. The second-order valence-electron chi connectivity index (χ2n) is 6.88. The van der Waals surface area contributed by atoms with E-state index in [4.69, 9.17) is 11.6 Å². The fourth-order valence-corrected chi connectivity index (χ4v) is 5.19. The zero-order valence-corrected chi connectivity index (χ0v) is 18.4. The van der Waals surface area contributed by atoms with Gasteiger partial charge in [0, 0.05) is 42.2 Å². The predicted octanol–water partition coefficient (Wildman–Crippen LogP) is 4.17. The Morgan fingerprint density at radius 1 is 1.23 bits per heavy atom. The molecule has 6 nitrogen and oxygen atoms in total. The van der Waals surface area contributed by atoms with Crippen LogP contribution in [0.1, 0.15) is 35.6 Å². The second-order valence-corrected chi connectivity index (χ2v) is 9.68. The molecule has 0 saturated heterocycles. The number of thiophene rings is 1. The molecule has 2 N–H and O–H groups in total. The van der Waals surface area contributed by atoms with E-state index in [-0.39, 0.29) is 23.9 Å². The number of anilines is 1. The molecule has 0 unspecified atom stereocenters. The maximum Gasteiger partial charge on any atom is 0.284 e. The number of halogens is 2. The highest BCUT2D eigenvalue weighted by atomic mass is 35.5. The third-order valence-electron chi connectivity index (χ3n) is 4.71. The molecule has 0 aliphatic carbocycles. The smallest absolute Gasteiger partial charge is 0.284 e. The number of carbonyl (C=O) groups excluding carboxylic acids is 2. The van der Waals surface area contributed by atoms with Gasteiger partial charge >= 0.3 is 0 Å². The van der Waals surface area contributed by atoms with Crippen LogP contribution >= 0.6 is 34.3 Å². The predicted molar refractivity (Wildman–Crippen MR) is 117 cm³/mol. The van der Waals surface area contributed by atoms with Crippen molar-refractivity contribution in [2.24, 2.45) is 0 Å². The molecule has 0 atom stereocenters. The number of nitrogens with one attached hydrogen (secondary N) is 2. The number of nitrogens with zero attached hydrogens (tertiary/aromatic N) is 2. The van der Waals surface area contributed by atoms with Gasteiger partial charge < -0.3 is 15.5 Å². The zero-order valence-electron chi connectivity index (χ0n) is 16.0. The highest BCUT2D eigenvalue weighted by molar-refractivity contribution is 7.18. The van der Waals surface area contributed by atoms with Crippen molar-refractivity contribution in [1.29, 1.82) is 0 Å². The van der Waals surface area contributed by atoms with Crippen molar-refractivity contribution in [3.63, 3.8) is 0 Å². The van der Waals surface area contributed by atoms with Crippen LogP contribution in [-0.4, -0.2) is 35.3 Å². The molecular weight excluding hydrogens is 447 g/mol. The first kappa shape index (κ1) is 20.9. The molecule has 1 aromatic carbocycles. The molecule has 10 heteroatoms. The van der Waals surface area contributed by atoms with Gasteiger partial charge in [-0.1, -0.05) is 17.7 Å². The molecule has 1 aliphatic heterocycles. The summed E-state index contributed by atoms with van der Waals surface area (Å²) in [5.74, 6) is -1.26. The summed E-state index contributed by atoms with van der Waals surface area (Å²) in [4.78, 5) is 33.1. The third-order valence-corrected chi connectivity index (χ3v) is 7.02. The van der Waals surface area contributed by atoms with E-state index in [0.29, 0.717) is 19.9 Å². The number of amides is 2. The third kappa shape index (κ3) is 4.54. The molecular formula is C20H18ClFN4O2S2. The first-order valence-corrected chi connectivity index (χ1v) is 11.2. The Bertz CT molecular complexity index is 1110. The van der Waals surface area contributed by atoms with Crippen molar-refractivity contribution in [1.82, 2.24) is 15.2 Å². The quantitative estimate of drug-likeness (QED) is 0.594. The summed E-state index contributed by atoms with van der Waals surface area (Å²) < 4.78 is 14.9. The van der Waals surface area contributed by atoms with E-state index in [0.717, 1.165) is 41.4 Å². The van der Waals surface area contributed by atoms with Crippen molar-refractivity contribution in [2.75, 3.05) is 18.9 Å². The van der Waals surface area contributed by atoms with Crippen LogP contribution in [0.5, 0.6) is 0 Å². The van der Waals surface area contributed by atoms with E-state index in [1.807, 2.05) is 7.05 Å². The Kier molecular flexibility index (Phi) is 6.14. The molecule has 0 radical (unpaired) electrons. The van der Waals surface area contributed by atoms with Crippen LogP contribution in [0.25, 0.3) is 0 Å². The second kappa shape index (κ2) is 8.81. The van der Waals surface area contributed by atoms with Crippen LogP contribution in [0.3, 0.4) is 0 Å². The minimum absolute atomic E-state index is 0.0736. The Morgan fingerprint density at radius 3 is 2.83 bits per heavy atom. The van der Waals surface area contributed by atoms with Crippen molar-refractivity contribution in [3.8, 4) is 0 Å². The van der Waals surface area contributed by atoms with E-state index >= 15 is 0 Å². The van der Waals surface area contributed by atoms with Crippen molar-refractivity contribution < 1.29 is 14.0 Å². The van der Waals surface area contributed by atoms with E-state index in [9.17, 15) is 14.0 Å². The van der Waals surface area contributed by atoms with Crippen LogP contribution in [0.4, 0.5) is 10.1 Å². The molecule has 3 heterocycles. The van der Waals surface area contributed by atoms with Gasteiger partial charge in [0.2, 0.25) is 0 Å². The molecule has 1 aliphatic rings. The highest BCUT2D eigenvalue weighted by Gasteiger charge is 2.22. The summed E-state index contributed by atoms with van der Waals surface area (Å²) in [7, 11) is 2.03. The zero-order chi connectivity index (χ0) is 21.3. The molecule has 0 saturated carbocycles. The molecule has 0 fully saturated rings. The van der Waals surface area contributed by atoms with Crippen LogP contribution in [0, 0.1) is 5.82 Å². The molecule has 2 aromatic heterocycles. The Morgan fingerprint density at radius 2 is 2.07 bits per heavy atom. The fourth-order valence-electron chi connectivity index (χ4n) is 3.14. The minimum atomic E-state index is -0.516. The molecule has 156 valence electrons. The van der Waals surface area contributed by atoms with Gasteiger partial charge in [-0.15, -0.1) is 22.7 Å². The fraction of sp³-hybridized carbons (Fsp3) is 0.250. The van der Waals surface area contributed by atoms with Gasteiger partial charge in [0.25, 0.3) is 11.8 Å². The topological polar surface area (TPSA) is 74.3 Å². The van der Waals surface area contributed by atoms with Crippen molar-refractivity contribution in [3.05, 3.63) is 66.5 Å². The first-order chi connectivity index (χ1) is 14.4. The molecule has 3 aromatic rings. The van der Waals surface area contributed by atoms with E-state index in [1.54, 1.807) is 18.2 Å². The number of hydrogen-bond donors (Lipinski definition) is 2. The summed E-state index contributed by atoms with van der Waals surface area (Å²) in [5.41, 5.74) is 1.45. The Hall–Kier alpha value is -2.33. The van der Waals surface area contributed by atoms with Gasteiger partial charge in [0.15, 0.2) is 5.01 Å². The van der Waals surface area contributed by atoms with Crippen molar-refractivity contribution >= 4 is 51.8 Å². The molecule has 30 heavy (non-hydrogen) atoms. The SMILES string of the molecule is CN1CCc2nc(C(=O)Nc3cccc(F)c3CNC(=O)c3ccc(Cl)s3)sc2C1. The lowest BCUT2D eigenvalue weighted by Crippen LogP contribution is -2.25. The van der Waals surface area contributed by atoms with Crippen LogP contribution in [0.15, 0.2) is 30.3 Å². The molecule has 0 bridgehead atoms. The van der Waals surface area contributed by atoms with Gasteiger partial charge in [-0.3, -0.25) is 9.59 Å². The average molecular weight is 465 g/mol. The number of carbonyl (C=O) groups is 2. The monoisotopic (exact) mass is 464 g/mol. The van der Waals surface area contributed by atoms with Gasteiger partial charge in [0.05, 0.1) is 14.9 Å². The maximum atomic E-state index is 14.4. The number of benzene rings is 1. The van der Waals surface area contributed by atoms with E-state index < -0.39 is 5.82 Å². The van der Waals surface area contributed by atoms with Gasteiger partial charge in [-0.05, 0) is 31.3 Å². The maximum absolute atomic E-state index is 14.4. The summed E-state index contributed by atoms with van der Waals surface area (Å²) >= 11 is 8.35. The number of fused-ring (bicyclic) bond motifs is 1. The molecule has 0 spiro atoms. The summed E-state index contributed by atoms with van der Waals surface area (Å²) in [6.45, 7) is 1.60. The van der Waals surface area contributed by atoms with Gasteiger partial charge in [0.1, 0.15) is 5.82 Å². The summed E-state index contributed by atoms with van der Waals surface area (Å²) in [5, 5.41) is 5.76. The van der Waals surface area contributed by atoms with E-state index in [2.05, 4.69) is 20.5 Å². The van der Waals surface area contributed by atoms with Crippen molar-refractivity contribution in [2.45, 2.75) is 19.5 Å². The number of aromatic nitrogens is 1. The molecule has 4 rings (SSSR count). The van der Waals surface area contributed by atoms with Crippen LogP contribution in [0.2, 0.25) is 4.34 Å². The first-order valence-electron chi connectivity index (χ1n) is 9.20. The van der Waals surface area contributed by atoms with E-state index in [1.165, 1.54) is 23.5 Å². The van der Waals surface area contributed by atoms with Crippen LogP contribution in [-0.2, 0) is 19.5 Å². The Balaban J connectivity index is 1.49. The lowest BCUT2D eigenvalue weighted by molar-refractivity contribution is 0.0954. The molecule has 2 amide bonds. The standard InChI is InChI=1S/C20H18ClFN4O2S2/c1-26-8-7-14-16(10-26)30-20(25-14)19(28)24-13-4-2-3-12(22)11(13)9-23-18(27)15-5-6-17(21)29-15/h2-6H,7-10H2,1H3,(H,23,27)(H,24,28). The lowest BCUT2D eigenvalue weighted by Gasteiger charge is -2.20. The number of thiazole rings is 1. The lowest BCUT2D eigenvalue weighted by atomic mass is 10.1. The average Bonchev–Trinajstić information content (AvgIpc) is 3.33. The number of likely N-dealkylation sites (N-methyl/N-ethyl adjacent to an activating group) is 1.